The van der Waals surface area contributed by atoms with E-state index in [0.717, 1.165) is 0 Å². The average Bonchev–Trinajstić information content (AvgIpc) is 2.60. The summed E-state index contributed by atoms with van der Waals surface area (Å²) in [6.07, 6.45) is 0. The Morgan fingerprint density at radius 1 is 1.00 bits per heavy atom. The van der Waals surface area contributed by atoms with Gasteiger partial charge in [0.15, 0.2) is 6.61 Å². The van der Waals surface area contributed by atoms with Crippen molar-refractivity contribution in [3.05, 3.63) is 52.0 Å². The summed E-state index contributed by atoms with van der Waals surface area (Å²) in [4.78, 5) is 23.9. The van der Waals surface area contributed by atoms with Gasteiger partial charge in [-0.3, -0.25) is 4.79 Å². The van der Waals surface area contributed by atoms with Gasteiger partial charge in [0.1, 0.15) is 11.5 Å². The maximum atomic E-state index is 12.0. The molecule has 0 saturated heterocycles. The molecule has 0 aliphatic carbocycles. The normalized spacial score (nSPS) is 10.1. The molecule has 8 heteroatoms. The molecule has 0 spiro atoms. The molecule has 0 atom stereocenters. The first-order valence-corrected chi connectivity index (χ1v) is 7.84. The molecule has 6 nitrogen and oxygen atoms in total. The Morgan fingerprint density at radius 3 is 2.24 bits per heavy atom. The van der Waals surface area contributed by atoms with E-state index in [9.17, 15) is 9.59 Å². The molecule has 0 aliphatic heterocycles. The molecule has 0 heterocycles. The number of esters is 1. The van der Waals surface area contributed by atoms with Crippen LogP contribution in [-0.2, 0) is 9.53 Å². The van der Waals surface area contributed by atoms with Crippen molar-refractivity contribution in [1.82, 2.24) is 0 Å². The summed E-state index contributed by atoms with van der Waals surface area (Å²) in [5, 5.41) is 3.37. The van der Waals surface area contributed by atoms with Crippen LogP contribution in [0.5, 0.6) is 11.5 Å². The van der Waals surface area contributed by atoms with Gasteiger partial charge in [-0.25, -0.2) is 4.79 Å². The molecule has 132 valence electrons. The van der Waals surface area contributed by atoms with Gasteiger partial charge in [-0.1, -0.05) is 23.2 Å². The van der Waals surface area contributed by atoms with Crippen LogP contribution in [0.3, 0.4) is 0 Å². The van der Waals surface area contributed by atoms with Gasteiger partial charge in [0.2, 0.25) is 0 Å². The molecule has 1 N–H and O–H groups in total. The standard InChI is InChI=1S/C17H15Cl2NO5/c1-23-14-8-15(24-2)13(7-12(14)19)20-16(21)9-25-17(22)10-3-5-11(18)6-4-10/h3-8H,9H2,1-2H3,(H,20,21). The summed E-state index contributed by atoms with van der Waals surface area (Å²) in [6.45, 7) is -0.464. The summed E-state index contributed by atoms with van der Waals surface area (Å²) in [6, 6.07) is 9.16. The first-order valence-electron chi connectivity index (χ1n) is 7.08. The predicted molar refractivity (Wildman–Crippen MR) is 94.9 cm³/mol. The van der Waals surface area contributed by atoms with Gasteiger partial charge in [-0.15, -0.1) is 0 Å². The number of amides is 1. The summed E-state index contributed by atoms with van der Waals surface area (Å²) in [5.41, 5.74) is 0.628. The third-order valence-electron chi connectivity index (χ3n) is 3.16. The van der Waals surface area contributed by atoms with Gasteiger partial charge in [-0.05, 0) is 30.3 Å². The Morgan fingerprint density at radius 2 is 1.64 bits per heavy atom. The quantitative estimate of drug-likeness (QED) is 0.767. The van der Waals surface area contributed by atoms with Crippen LogP contribution < -0.4 is 14.8 Å². The second-order valence-electron chi connectivity index (χ2n) is 4.82. The van der Waals surface area contributed by atoms with Crippen molar-refractivity contribution < 1.29 is 23.8 Å². The Balaban J connectivity index is 1.99. The Bertz CT molecular complexity index is 777. The lowest BCUT2D eigenvalue weighted by Crippen LogP contribution is -2.21. The van der Waals surface area contributed by atoms with Crippen LogP contribution in [0, 0.1) is 0 Å². The summed E-state index contributed by atoms with van der Waals surface area (Å²) < 4.78 is 15.2. The first-order chi connectivity index (χ1) is 11.9. The number of carbonyl (C=O) groups excluding carboxylic acids is 2. The van der Waals surface area contributed by atoms with Crippen LogP contribution in [0.1, 0.15) is 10.4 Å². The largest absolute Gasteiger partial charge is 0.495 e. The lowest BCUT2D eigenvalue weighted by atomic mass is 10.2. The second kappa shape index (κ2) is 8.60. The van der Waals surface area contributed by atoms with Gasteiger partial charge in [0.25, 0.3) is 5.91 Å². The molecule has 0 radical (unpaired) electrons. The summed E-state index contributed by atoms with van der Waals surface area (Å²) in [7, 11) is 2.91. The van der Waals surface area contributed by atoms with Crippen molar-refractivity contribution in [2.45, 2.75) is 0 Å². The van der Waals surface area contributed by atoms with Gasteiger partial charge >= 0.3 is 5.97 Å². The molecule has 2 aromatic rings. The first kappa shape index (κ1) is 18.9. The highest BCUT2D eigenvalue weighted by molar-refractivity contribution is 6.32. The predicted octanol–water partition coefficient (Wildman–Crippen LogP) is 3.81. The van der Waals surface area contributed by atoms with E-state index in [1.165, 1.54) is 38.5 Å². The van der Waals surface area contributed by atoms with E-state index in [-0.39, 0.29) is 0 Å². The van der Waals surface area contributed by atoms with Crippen molar-refractivity contribution in [2.75, 3.05) is 26.1 Å². The summed E-state index contributed by atoms with van der Waals surface area (Å²) >= 11 is 11.8. The van der Waals surface area contributed by atoms with E-state index in [2.05, 4.69) is 5.32 Å². The highest BCUT2D eigenvalue weighted by Crippen LogP contribution is 2.35. The lowest BCUT2D eigenvalue weighted by molar-refractivity contribution is -0.119. The molecule has 0 unspecified atom stereocenters. The molecule has 0 fully saturated rings. The molecule has 2 rings (SSSR count). The molecular formula is C17H15Cl2NO5. The molecule has 0 aliphatic rings. The van der Waals surface area contributed by atoms with E-state index < -0.39 is 18.5 Å². The van der Waals surface area contributed by atoms with Crippen molar-refractivity contribution in [2.24, 2.45) is 0 Å². The van der Waals surface area contributed by atoms with Crippen LogP contribution in [0.15, 0.2) is 36.4 Å². The monoisotopic (exact) mass is 383 g/mol. The number of carbonyl (C=O) groups is 2. The maximum Gasteiger partial charge on any atom is 0.338 e. The second-order valence-corrected chi connectivity index (χ2v) is 5.66. The van der Waals surface area contributed by atoms with Crippen LogP contribution in [-0.4, -0.2) is 32.7 Å². The van der Waals surface area contributed by atoms with E-state index in [0.29, 0.717) is 32.8 Å². The highest BCUT2D eigenvalue weighted by Gasteiger charge is 2.14. The Labute approximate surface area is 154 Å². The minimum atomic E-state index is -0.633. The number of methoxy groups -OCH3 is 2. The zero-order valence-electron chi connectivity index (χ0n) is 13.5. The lowest BCUT2D eigenvalue weighted by Gasteiger charge is -2.13. The molecule has 0 bridgehead atoms. The fourth-order valence-corrected chi connectivity index (χ4v) is 2.31. The van der Waals surface area contributed by atoms with Crippen molar-refractivity contribution >= 4 is 40.8 Å². The number of halogens is 2. The van der Waals surface area contributed by atoms with Crippen LogP contribution in [0.25, 0.3) is 0 Å². The zero-order valence-corrected chi connectivity index (χ0v) is 15.0. The van der Waals surface area contributed by atoms with Crippen LogP contribution in [0.4, 0.5) is 5.69 Å². The number of ether oxygens (including phenoxy) is 3. The van der Waals surface area contributed by atoms with Crippen LogP contribution in [0.2, 0.25) is 10.0 Å². The Hall–Kier alpha value is -2.44. The Kier molecular flexibility index (Phi) is 6.50. The minimum absolute atomic E-state index is 0.294. The average molecular weight is 384 g/mol. The molecule has 0 aromatic heterocycles. The van der Waals surface area contributed by atoms with E-state index >= 15 is 0 Å². The number of hydrogen-bond donors (Lipinski definition) is 1. The topological polar surface area (TPSA) is 73.9 Å². The maximum absolute atomic E-state index is 12.0. The zero-order chi connectivity index (χ0) is 18.4. The highest BCUT2D eigenvalue weighted by atomic mass is 35.5. The number of anilines is 1. The third kappa shape index (κ3) is 5.01. The minimum Gasteiger partial charge on any atom is -0.495 e. The molecule has 25 heavy (non-hydrogen) atoms. The van der Waals surface area contributed by atoms with Gasteiger partial charge in [0.05, 0.1) is 30.5 Å². The fourth-order valence-electron chi connectivity index (χ4n) is 1.94. The SMILES string of the molecule is COc1cc(OC)c(NC(=O)COC(=O)c2ccc(Cl)cc2)cc1Cl. The molecule has 2 aromatic carbocycles. The van der Waals surface area contributed by atoms with Crippen molar-refractivity contribution in [3.63, 3.8) is 0 Å². The number of nitrogens with one attached hydrogen (secondary N) is 1. The smallest absolute Gasteiger partial charge is 0.338 e. The van der Waals surface area contributed by atoms with Crippen molar-refractivity contribution in [1.29, 1.82) is 0 Å². The number of hydrogen-bond acceptors (Lipinski definition) is 5. The number of rotatable bonds is 6. The van der Waals surface area contributed by atoms with Crippen molar-refractivity contribution in [3.8, 4) is 11.5 Å². The van der Waals surface area contributed by atoms with Gasteiger partial charge in [0, 0.05) is 11.1 Å². The van der Waals surface area contributed by atoms with E-state index in [1.807, 2.05) is 0 Å². The van der Waals surface area contributed by atoms with Crippen LogP contribution >= 0.6 is 23.2 Å². The third-order valence-corrected chi connectivity index (χ3v) is 3.71. The molecule has 0 saturated carbocycles. The summed E-state index contributed by atoms with van der Waals surface area (Å²) in [5.74, 6) is -0.405. The fraction of sp³-hybridized carbons (Fsp3) is 0.176. The molecular weight excluding hydrogens is 369 g/mol. The van der Waals surface area contributed by atoms with Gasteiger partial charge < -0.3 is 19.5 Å². The van der Waals surface area contributed by atoms with E-state index in [1.54, 1.807) is 12.1 Å². The van der Waals surface area contributed by atoms with Gasteiger partial charge in [-0.2, -0.15) is 0 Å². The number of benzene rings is 2. The molecule has 1 amide bonds. The van der Waals surface area contributed by atoms with E-state index in [4.69, 9.17) is 37.4 Å².